The molecule has 1 fully saturated rings. The van der Waals surface area contributed by atoms with E-state index in [1.54, 1.807) is 30.3 Å². The quantitative estimate of drug-likeness (QED) is 0.171. The van der Waals surface area contributed by atoms with Gasteiger partial charge in [-0.25, -0.2) is 9.59 Å². The molecule has 232 valence electrons. The molecule has 0 radical (unpaired) electrons. The van der Waals surface area contributed by atoms with Crippen LogP contribution in [0.15, 0.2) is 59.6 Å². The molecule has 2 amide bonds. The molecule has 2 aliphatic heterocycles. The van der Waals surface area contributed by atoms with Gasteiger partial charge in [0.25, 0.3) is 11.8 Å². The van der Waals surface area contributed by atoms with E-state index in [9.17, 15) is 24.0 Å². The number of hydrogen-bond acceptors (Lipinski definition) is 15. The second-order valence-corrected chi connectivity index (χ2v) is 13.3. The van der Waals surface area contributed by atoms with Crippen LogP contribution < -0.4 is 16.9 Å². The van der Waals surface area contributed by atoms with Gasteiger partial charge in [0.1, 0.15) is 28.2 Å². The largest absolute Gasteiger partial charge is 0.519 e. The van der Waals surface area contributed by atoms with Gasteiger partial charge in [-0.15, -0.1) is 22.0 Å². The van der Waals surface area contributed by atoms with Gasteiger partial charge in [0.2, 0.25) is 6.10 Å². The van der Waals surface area contributed by atoms with E-state index in [1.807, 2.05) is 6.92 Å². The zero-order valence-electron chi connectivity index (χ0n) is 23.6. The van der Waals surface area contributed by atoms with Crippen LogP contribution >= 0.6 is 34.9 Å². The van der Waals surface area contributed by atoms with Gasteiger partial charge in [0, 0.05) is 17.1 Å². The molecule has 3 unspecified atom stereocenters. The van der Waals surface area contributed by atoms with Crippen molar-refractivity contribution in [3.05, 3.63) is 74.3 Å². The first kappa shape index (κ1) is 31.5. The van der Waals surface area contributed by atoms with E-state index in [1.165, 1.54) is 53.6 Å². The number of nitrogens with two attached hydrogens (primary N) is 1. The smallest absolute Gasteiger partial charge is 0.453 e. The Hall–Kier alpha value is -3.93. The zero-order chi connectivity index (χ0) is 31.5. The third kappa shape index (κ3) is 6.74. The number of hydrogen-bond donors (Lipinski definition) is 2. The summed E-state index contributed by atoms with van der Waals surface area (Å²) in [5, 5.41) is 10.9. The minimum Gasteiger partial charge on any atom is -0.453 e. The van der Waals surface area contributed by atoms with E-state index >= 15 is 0 Å². The summed E-state index contributed by atoms with van der Waals surface area (Å²) >= 11 is 4.12. The van der Waals surface area contributed by atoms with Crippen molar-refractivity contribution in [3.63, 3.8) is 0 Å². The Morgan fingerprint density at radius 2 is 1.93 bits per heavy atom. The second-order valence-electron chi connectivity index (χ2n) is 9.75. The molecule has 17 heteroatoms. The Morgan fingerprint density at radius 1 is 1.18 bits per heavy atom. The minimum atomic E-state index is -1.35. The Labute approximate surface area is 262 Å². The predicted molar refractivity (Wildman–Crippen MR) is 158 cm³/mol. The van der Waals surface area contributed by atoms with Crippen molar-refractivity contribution in [2.45, 2.75) is 55.3 Å². The van der Waals surface area contributed by atoms with Crippen LogP contribution in [0.5, 0.6) is 0 Å². The molecule has 2 aliphatic rings. The van der Waals surface area contributed by atoms with Crippen molar-refractivity contribution >= 4 is 58.6 Å². The standard InChI is InChI=1S/C27H27N5O9S3/c1-12(28)24(35)41-20(15-7-5-4-6-8-15)21(33)29-18-22(34)32-19(25(36)38-9-17-13(2)39-27(37)40-17)16(10-42-23(18)32)11-43-26-31-30-14(3)44-26/h4-8,12,18,20,23H,9-11,28H2,1-3H3,(H,29,33)/t12?,18-,20?,23?/m1/s1. The zero-order valence-corrected chi connectivity index (χ0v) is 26.1. The molecule has 0 aliphatic carbocycles. The van der Waals surface area contributed by atoms with E-state index in [2.05, 4.69) is 15.5 Å². The van der Waals surface area contributed by atoms with Gasteiger partial charge < -0.3 is 29.4 Å². The lowest BCUT2D eigenvalue weighted by atomic mass is 10.0. The van der Waals surface area contributed by atoms with E-state index < -0.39 is 53.1 Å². The van der Waals surface area contributed by atoms with Crippen LogP contribution in [0, 0.1) is 13.8 Å². The number of rotatable bonds is 11. The van der Waals surface area contributed by atoms with Crippen LogP contribution in [0.4, 0.5) is 0 Å². The summed E-state index contributed by atoms with van der Waals surface area (Å²) in [6.07, 6.45) is -1.35. The maximum Gasteiger partial charge on any atom is 0.519 e. The molecule has 3 N–H and O–H groups in total. The average Bonchev–Trinajstić information content (AvgIpc) is 3.58. The fraction of sp³-hybridized carbons (Fsp3) is 0.370. The summed E-state index contributed by atoms with van der Waals surface area (Å²) in [4.78, 5) is 65.3. The van der Waals surface area contributed by atoms with Gasteiger partial charge in [-0.05, 0) is 26.3 Å². The van der Waals surface area contributed by atoms with Crippen LogP contribution in [-0.4, -0.2) is 67.8 Å². The number of nitrogens with one attached hydrogen (secondary N) is 1. The fourth-order valence-electron chi connectivity index (χ4n) is 4.33. The highest BCUT2D eigenvalue weighted by atomic mass is 32.2. The molecule has 14 nitrogen and oxygen atoms in total. The van der Waals surface area contributed by atoms with Gasteiger partial charge in [-0.2, -0.15) is 0 Å². The minimum absolute atomic E-state index is 0.0319. The Bertz CT molecular complexity index is 1670. The van der Waals surface area contributed by atoms with Crippen molar-refractivity contribution in [3.8, 4) is 0 Å². The molecule has 1 saturated heterocycles. The second kappa shape index (κ2) is 13.4. The van der Waals surface area contributed by atoms with Crippen molar-refractivity contribution < 1.29 is 37.5 Å². The lowest BCUT2D eigenvalue weighted by Gasteiger charge is -2.49. The van der Waals surface area contributed by atoms with Crippen LogP contribution in [0.25, 0.3) is 0 Å². The number of nitrogens with zero attached hydrogens (tertiary/aromatic N) is 3. The van der Waals surface area contributed by atoms with Crippen LogP contribution in [0.1, 0.15) is 35.1 Å². The van der Waals surface area contributed by atoms with E-state index in [4.69, 9.17) is 24.0 Å². The monoisotopic (exact) mass is 661 g/mol. The summed E-state index contributed by atoms with van der Waals surface area (Å²) in [5.41, 5.74) is 6.69. The average molecular weight is 662 g/mol. The van der Waals surface area contributed by atoms with Gasteiger partial charge in [0.15, 0.2) is 22.5 Å². The highest BCUT2D eigenvalue weighted by Crippen LogP contribution is 2.42. The molecule has 0 spiro atoms. The number of fused-ring (bicyclic) bond motifs is 1. The Balaban J connectivity index is 1.35. The molecule has 4 atom stereocenters. The molecule has 4 heterocycles. The first-order chi connectivity index (χ1) is 21.0. The molecule has 0 saturated carbocycles. The third-order valence-corrected chi connectivity index (χ3v) is 9.93. The maximum absolute atomic E-state index is 13.5. The highest BCUT2D eigenvalue weighted by molar-refractivity contribution is 8.01. The third-order valence-electron chi connectivity index (χ3n) is 6.53. The first-order valence-electron chi connectivity index (χ1n) is 13.2. The molecular formula is C27H27N5O9S3. The number of aromatic nitrogens is 2. The van der Waals surface area contributed by atoms with Crippen molar-refractivity contribution in [1.82, 2.24) is 20.4 Å². The molecule has 2 aromatic heterocycles. The highest BCUT2D eigenvalue weighted by Gasteiger charge is 2.55. The molecule has 0 bridgehead atoms. The lowest BCUT2D eigenvalue weighted by Crippen LogP contribution is -2.71. The normalized spacial score (nSPS) is 19.1. The van der Waals surface area contributed by atoms with Crippen molar-refractivity contribution in [1.29, 1.82) is 0 Å². The maximum atomic E-state index is 13.5. The van der Waals surface area contributed by atoms with E-state index in [0.29, 0.717) is 27.0 Å². The number of β-lactam (4-membered cyclic amide) rings is 1. The van der Waals surface area contributed by atoms with Crippen LogP contribution in [-0.2, 0) is 35.3 Å². The molecule has 44 heavy (non-hydrogen) atoms. The Morgan fingerprint density at radius 3 is 2.57 bits per heavy atom. The van der Waals surface area contributed by atoms with Crippen molar-refractivity contribution in [2.75, 3.05) is 11.5 Å². The molecular weight excluding hydrogens is 635 g/mol. The number of carbonyl (C=O) groups excluding carboxylic acids is 4. The predicted octanol–water partition coefficient (Wildman–Crippen LogP) is 1.82. The van der Waals surface area contributed by atoms with Gasteiger partial charge in [0.05, 0.1) is 0 Å². The number of benzene rings is 1. The summed E-state index contributed by atoms with van der Waals surface area (Å²) in [7, 11) is 0. The van der Waals surface area contributed by atoms with Crippen LogP contribution in [0.3, 0.4) is 0 Å². The van der Waals surface area contributed by atoms with E-state index in [-0.39, 0.29) is 23.8 Å². The number of esters is 2. The summed E-state index contributed by atoms with van der Waals surface area (Å²) < 4.78 is 21.3. The van der Waals surface area contributed by atoms with Gasteiger partial charge in [-0.1, -0.05) is 53.4 Å². The number of thioether (sulfide) groups is 2. The molecule has 5 rings (SSSR count). The fourth-order valence-corrected chi connectivity index (χ4v) is 7.63. The number of ether oxygens (including phenoxy) is 2. The number of aryl methyl sites for hydroxylation is 2. The van der Waals surface area contributed by atoms with E-state index in [0.717, 1.165) is 5.01 Å². The topological polar surface area (TPSA) is 197 Å². The summed E-state index contributed by atoms with van der Waals surface area (Å²) in [6.45, 7) is 4.37. The Kier molecular flexibility index (Phi) is 9.57. The summed E-state index contributed by atoms with van der Waals surface area (Å²) in [6, 6.07) is 6.37. The van der Waals surface area contributed by atoms with Gasteiger partial charge in [-0.3, -0.25) is 19.3 Å². The molecule has 3 aromatic rings. The molecule has 1 aromatic carbocycles. The number of amides is 2. The lowest BCUT2D eigenvalue weighted by molar-refractivity contribution is -0.160. The van der Waals surface area contributed by atoms with Gasteiger partial charge >= 0.3 is 17.8 Å². The summed E-state index contributed by atoms with van der Waals surface area (Å²) in [5.74, 6) is -2.91. The first-order valence-corrected chi connectivity index (χ1v) is 16.1. The number of carbonyl (C=O) groups is 4. The van der Waals surface area contributed by atoms with Crippen LogP contribution in [0.2, 0.25) is 0 Å². The van der Waals surface area contributed by atoms with Crippen molar-refractivity contribution in [2.24, 2.45) is 5.73 Å². The SMILES string of the molecule is Cc1nnc(SCC2=C(C(=O)OCc3oc(=O)oc3C)N3C(=O)[C@@H](NC(=O)C(OC(=O)C(C)N)c4ccccc4)C3SC2)s1.